The van der Waals surface area contributed by atoms with Crippen molar-refractivity contribution >= 4 is 18.5 Å². The van der Waals surface area contributed by atoms with Crippen LogP contribution in [0.25, 0.3) is 0 Å². The SMILES string of the molecule is CCCN1C(=O)OC2(CCN(CCCC(c3ccc(F)cc3)c3ccc(F)cc3)CC2)C1(C)O.Cl. The third kappa shape index (κ3) is 5.63. The fourth-order valence-corrected chi connectivity index (χ4v) is 5.42. The highest BCUT2D eigenvalue weighted by Gasteiger charge is 2.62. The number of likely N-dealkylation sites (tertiary alicyclic amines) is 1. The molecule has 192 valence electrons. The fourth-order valence-electron chi connectivity index (χ4n) is 5.42. The Morgan fingerprint density at radius 2 is 1.49 bits per heavy atom. The van der Waals surface area contributed by atoms with Gasteiger partial charge in [-0.05, 0) is 68.1 Å². The fraction of sp³-hybridized carbons (Fsp3) is 0.519. The maximum Gasteiger partial charge on any atom is 0.412 e. The first-order valence-electron chi connectivity index (χ1n) is 12.2. The molecule has 2 fully saturated rings. The van der Waals surface area contributed by atoms with Gasteiger partial charge in [0.1, 0.15) is 11.6 Å². The molecule has 1 spiro atoms. The van der Waals surface area contributed by atoms with Crippen LogP contribution in [-0.4, -0.2) is 58.5 Å². The molecule has 1 N–H and O–H groups in total. The van der Waals surface area contributed by atoms with Gasteiger partial charge >= 0.3 is 6.09 Å². The van der Waals surface area contributed by atoms with Gasteiger partial charge in [0.2, 0.25) is 0 Å². The van der Waals surface area contributed by atoms with E-state index in [0.29, 0.717) is 19.4 Å². The van der Waals surface area contributed by atoms with Gasteiger partial charge in [0.05, 0.1) is 0 Å². The molecular formula is C27H35ClF2N2O3. The highest BCUT2D eigenvalue weighted by Crippen LogP contribution is 2.44. The largest absolute Gasteiger partial charge is 0.437 e. The van der Waals surface area contributed by atoms with E-state index in [1.807, 2.05) is 6.92 Å². The van der Waals surface area contributed by atoms with Gasteiger partial charge in [0, 0.05) is 38.4 Å². The Labute approximate surface area is 212 Å². The Hall–Kier alpha value is -2.22. The van der Waals surface area contributed by atoms with E-state index in [2.05, 4.69) is 4.90 Å². The zero-order chi connectivity index (χ0) is 24.3. The van der Waals surface area contributed by atoms with E-state index in [-0.39, 0.29) is 30.0 Å². The molecule has 0 bridgehead atoms. The van der Waals surface area contributed by atoms with E-state index in [0.717, 1.165) is 50.0 Å². The summed E-state index contributed by atoms with van der Waals surface area (Å²) in [5.74, 6) is -0.494. The molecule has 0 saturated carbocycles. The molecule has 1 amide bonds. The minimum atomic E-state index is -1.30. The number of aliphatic hydroxyl groups is 1. The summed E-state index contributed by atoms with van der Waals surface area (Å²) >= 11 is 0. The van der Waals surface area contributed by atoms with Crippen molar-refractivity contribution in [2.24, 2.45) is 0 Å². The monoisotopic (exact) mass is 508 g/mol. The lowest BCUT2D eigenvalue weighted by atomic mass is 9.81. The van der Waals surface area contributed by atoms with E-state index < -0.39 is 17.4 Å². The molecule has 0 radical (unpaired) electrons. The normalized spacial score (nSPS) is 21.9. The zero-order valence-electron chi connectivity index (χ0n) is 20.4. The molecule has 1 unspecified atom stereocenters. The van der Waals surface area contributed by atoms with E-state index in [4.69, 9.17) is 4.74 Å². The number of rotatable bonds is 8. The first-order valence-corrected chi connectivity index (χ1v) is 12.2. The molecule has 35 heavy (non-hydrogen) atoms. The van der Waals surface area contributed by atoms with Crippen LogP contribution < -0.4 is 0 Å². The van der Waals surface area contributed by atoms with Gasteiger partial charge in [-0.2, -0.15) is 0 Å². The smallest absolute Gasteiger partial charge is 0.412 e. The maximum absolute atomic E-state index is 13.5. The number of carbonyl (C=O) groups excluding carboxylic acids is 1. The molecule has 0 aliphatic carbocycles. The highest BCUT2D eigenvalue weighted by atomic mass is 35.5. The van der Waals surface area contributed by atoms with Crippen LogP contribution in [-0.2, 0) is 4.74 Å². The molecule has 2 aliphatic rings. The van der Waals surface area contributed by atoms with Crippen molar-refractivity contribution in [3.63, 3.8) is 0 Å². The van der Waals surface area contributed by atoms with Crippen LogP contribution in [0.1, 0.15) is 63.0 Å². The Morgan fingerprint density at radius 1 is 0.971 bits per heavy atom. The first kappa shape index (κ1) is 27.4. The van der Waals surface area contributed by atoms with Crippen molar-refractivity contribution in [2.45, 2.75) is 63.2 Å². The number of halogens is 3. The summed E-state index contributed by atoms with van der Waals surface area (Å²) in [6.07, 6.45) is 3.26. The molecule has 2 aromatic carbocycles. The van der Waals surface area contributed by atoms with Gasteiger partial charge in [0.25, 0.3) is 0 Å². The van der Waals surface area contributed by atoms with Crippen LogP contribution in [0.5, 0.6) is 0 Å². The second-order valence-corrected chi connectivity index (χ2v) is 9.67. The molecular weight excluding hydrogens is 474 g/mol. The Balaban J connectivity index is 0.00000342. The minimum absolute atomic E-state index is 0. The van der Waals surface area contributed by atoms with Gasteiger partial charge in [-0.15, -0.1) is 12.4 Å². The average Bonchev–Trinajstić information content (AvgIpc) is 3.00. The van der Waals surface area contributed by atoms with Crippen molar-refractivity contribution in [3.8, 4) is 0 Å². The average molecular weight is 509 g/mol. The van der Waals surface area contributed by atoms with Gasteiger partial charge in [-0.1, -0.05) is 31.2 Å². The molecule has 1 atom stereocenters. The molecule has 2 aromatic rings. The second kappa shape index (κ2) is 11.2. The molecule has 2 saturated heterocycles. The van der Waals surface area contributed by atoms with Gasteiger partial charge in [-0.3, -0.25) is 4.90 Å². The summed E-state index contributed by atoms with van der Waals surface area (Å²) in [5, 5.41) is 11.2. The third-order valence-corrected chi connectivity index (χ3v) is 7.51. The van der Waals surface area contributed by atoms with Crippen molar-refractivity contribution < 1.29 is 23.4 Å². The van der Waals surface area contributed by atoms with Crippen LogP contribution >= 0.6 is 12.4 Å². The lowest BCUT2D eigenvalue weighted by Crippen LogP contribution is -2.60. The zero-order valence-corrected chi connectivity index (χ0v) is 21.2. The summed E-state index contributed by atoms with van der Waals surface area (Å²) in [6, 6.07) is 13.1. The van der Waals surface area contributed by atoms with E-state index in [1.165, 1.54) is 29.2 Å². The topological polar surface area (TPSA) is 53.0 Å². The molecule has 2 heterocycles. The molecule has 2 aliphatic heterocycles. The standard InChI is InChI=1S/C27H34F2N2O3.ClH/c1-3-16-31-25(32)34-27(26(31,2)33)14-18-30(19-15-27)17-4-5-24(20-6-10-22(28)11-7-20)21-8-12-23(29)13-9-21;/h6-13,24,33H,3-5,14-19H2,1-2H3;1H. The number of hydrogen-bond donors (Lipinski definition) is 1. The van der Waals surface area contributed by atoms with Crippen LogP contribution in [0.2, 0.25) is 0 Å². The van der Waals surface area contributed by atoms with E-state index in [9.17, 15) is 18.7 Å². The summed E-state index contributed by atoms with van der Waals surface area (Å²) < 4.78 is 32.7. The summed E-state index contributed by atoms with van der Waals surface area (Å²) in [6.45, 7) is 6.48. The third-order valence-electron chi connectivity index (χ3n) is 7.51. The van der Waals surface area contributed by atoms with Crippen LogP contribution in [0.4, 0.5) is 13.6 Å². The number of carbonyl (C=O) groups is 1. The first-order chi connectivity index (χ1) is 16.3. The van der Waals surface area contributed by atoms with Gasteiger partial charge in [0.15, 0.2) is 11.3 Å². The highest BCUT2D eigenvalue weighted by molar-refractivity contribution is 5.85. The number of amides is 1. The van der Waals surface area contributed by atoms with Crippen LogP contribution in [0.3, 0.4) is 0 Å². The van der Waals surface area contributed by atoms with Crippen molar-refractivity contribution in [2.75, 3.05) is 26.2 Å². The number of nitrogens with zero attached hydrogens (tertiary/aromatic N) is 2. The Bertz CT molecular complexity index is 931. The van der Waals surface area contributed by atoms with E-state index in [1.54, 1.807) is 31.2 Å². The number of piperidine rings is 1. The summed E-state index contributed by atoms with van der Waals surface area (Å²) in [4.78, 5) is 16.2. The van der Waals surface area contributed by atoms with Gasteiger partial charge < -0.3 is 14.7 Å². The maximum atomic E-state index is 13.5. The van der Waals surface area contributed by atoms with Crippen molar-refractivity contribution in [1.82, 2.24) is 9.80 Å². The quantitative estimate of drug-likeness (QED) is 0.496. The molecule has 5 nitrogen and oxygen atoms in total. The summed E-state index contributed by atoms with van der Waals surface area (Å²) in [7, 11) is 0. The second-order valence-electron chi connectivity index (χ2n) is 9.67. The lowest BCUT2D eigenvalue weighted by Gasteiger charge is -2.45. The minimum Gasteiger partial charge on any atom is -0.437 e. The summed E-state index contributed by atoms with van der Waals surface area (Å²) in [5.41, 5.74) is -0.144. The predicted octanol–water partition coefficient (Wildman–Crippen LogP) is 5.70. The lowest BCUT2D eigenvalue weighted by molar-refractivity contribution is -0.165. The number of benzene rings is 2. The van der Waals surface area contributed by atoms with Crippen molar-refractivity contribution in [3.05, 3.63) is 71.3 Å². The number of ether oxygens (including phenoxy) is 1. The number of hydrogen-bond acceptors (Lipinski definition) is 4. The molecule has 4 rings (SSSR count). The Kier molecular flexibility index (Phi) is 8.78. The van der Waals surface area contributed by atoms with Crippen LogP contribution in [0, 0.1) is 11.6 Å². The van der Waals surface area contributed by atoms with E-state index >= 15 is 0 Å². The predicted molar refractivity (Wildman–Crippen MR) is 134 cm³/mol. The van der Waals surface area contributed by atoms with Gasteiger partial charge in [-0.25, -0.2) is 13.6 Å². The Morgan fingerprint density at radius 3 is 1.97 bits per heavy atom. The van der Waals surface area contributed by atoms with Crippen molar-refractivity contribution in [1.29, 1.82) is 0 Å². The van der Waals surface area contributed by atoms with Crippen LogP contribution in [0.15, 0.2) is 48.5 Å². The molecule has 0 aromatic heterocycles. The molecule has 8 heteroatoms.